The van der Waals surface area contributed by atoms with Gasteiger partial charge in [0.15, 0.2) is 0 Å². The van der Waals surface area contributed by atoms with E-state index in [1.807, 2.05) is 30.5 Å². The van der Waals surface area contributed by atoms with Gasteiger partial charge in [0, 0.05) is 11.6 Å². The van der Waals surface area contributed by atoms with Crippen LogP contribution in [0.15, 0.2) is 42.2 Å². The third kappa shape index (κ3) is 1.32. The molecule has 1 aromatic carbocycles. The minimum Gasteiger partial charge on any atom is -0.508 e. The van der Waals surface area contributed by atoms with Gasteiger partial charge in [-0.2, -0.15) is 0 Å². The van der Waals surface area contributed by atoms with E-state index < -0.39 is 0 Å². The minimum absolute atomic E-state index is 0.314. The van der Waals surface area contributed by atoms with Crippen LogP contribution in [0.4, 0.5) is 0 Å². The van der Waals surface area contributed by atoms with E-state index in [4.69, 9.17) is 0 Å². The van der Waals surface area contributed by atoms with Crippen molar-refractivity contribution in [3.8, 4) is 5.75 Å². The van der Waals surface area contributed by atoms with E-state index in [-0.39, 0.29) is 0 Å². The lowest BCUT2D eigenvalue weighted by atomic mass is 10.0. The van der Waals surface area contributed by atoms with Crippen LogP contribution in [0.5, 0.6) is 5.75 Å². The molecule has 1 aromatic rings. The quantitative estimate of drug-likeness (QED) is 0.644. The minimum atomic E-state index is 0.314. The molecule has 0 spiro atoms. The Morgan fingerprint density at radius 1 is 1.33 bits per heavy atom. The number of hydrogen-bond donors (Lipinski definition) is 1. The molecular formula is C13H10NO+. The van der Waals surface area contributed by atoms with Crippen molar-refractivity contribution < 1.29 is 5.11 Å². The molecule has 0 unspecified atom stereocenters. The van der Waals surface area contributed by atoms with Crippen LogP contribution in [-0.4, -0.2) is 10.0 Å². The zero-order valence-corrected chi connectivity index (χ0v) is 8.14. The second-order valence-corrected chi connectivity index (χ2v) is 3.69. The van der Waals surface area contributed by atoms with Crippen LogP contribution in [0, 0.1) is 6.08 Å². The van der Waals surface area contributed by atoms with Crippen molar-refractivity contribution >= 4 is 6.08 Å². The highest BCUT2D eigenvalue weighted by Crippen LogP contribution is 2.28. The van der Waals surface area contributed by atoms with Crippen LogP contribution in [0.25, 0.3) is 6.08 Å². The van der Waals surface area contributed by atoms with Crippen LogP contribution in [0.2, 0.25) is 0 Å². The van der Waals surface area contributed by atoms with E-state index in [1.54, 1.807) is 12.1 Å². The first kappa shape index (κ1) is 8.27. The van der Waals surface area contributed by atoms with Crippen LogP contribution in [0.3, 0.4) is 0 Å². The maximum absolute atomic E-state index is 9.40. The number of benzene rings is 1. The van der Waals surface area contributed by atoms with Crippen LogP contribution >= 0.6 is 0 Å². The average molecular weight is 196 g/mol. The fourth-order valence-electron chi connectivity index (χ4n) is 1.90. The second-order valence-electron chi connectivity index (χ2n) is 3.69. The van der Waals surface area contributed by atoms with Crippen molar-refractivity contribution in [2.24, 2.45) is 0 Å². The van der Waals surface area contributed by atoms with Crippen molar-refractivity contribution in [3.63, 3.8) is 0 Å². The Bertz CT molecular complexity index is 497. The fourth-order valence-corrected chi connectivity index (χ4v) is 1.90. The van der Waals surface area contributed by atoms with E-state index in [0.717, 1.165) is 17.8 Å². The van der Waals surface area contributed by atoms with Gasteiger partial charge in [0.25, 0.3) is 0 Å². The summed E-state index contributed by atoms with van der Waals surface area (Å²) < 4.78 is 0. The molecule has 2 heteroatoms. The molecule has 0 atom stereocenters. The molecule has 2 aliphatic heterocycles. The summed E-state index contributed by atoms with van der Waals surface area (Å²) in [6.07, 6.45) is 11.1. The summed E-state index contributed by atoms with van der Waals surface area (Å²) in [5, 5.41) is 9.40. The maximum atomic E-state index is 9.40. The van der Waals surface area contributed by atoms with Gasteiger partial charge >= 0.3 is 0 Å². The highest BCUT2D eigenvalue weighted by Gasteiger charge is 2.22. The number of hydrogen-bond acceptors (Lipinski definition) is 2. The monoisotopic (exact) mass is 196 g/mol. The third-order valence-corrected chi connectivity index (χ3v) is 2.67. The first-order valence-corrected chi connectivity index (χ1v) is 4.90. The van der Waals surface area contributed by atoms with Gasteiger partial charge in [-0.1, -0.05) is 6.07 Å². The molecule has 0 fully saturated rings. The zero-order chi connectivity index (χ0) is 10.3. The molecule has 2 aliphatic rings. The van der Waals surface area contributed by atoms with Crippen LogP contribution in [0.1, 0.15) is 11.1 Å². The first-order valence-electron chi connectivity index (χ1n) is 4.90. The molecular weight excluding hydrogens is 186 g/mol. The standard InChI is InChI=1S/C13H9NO/c15-13-5-4-10-9-14-6-2-1-3-12(14)7-11(10)8-13/h1-2,4-8H,9H2/p+1. The summed E-state index contributed by atoms with van der Waals surface area (Å²) in [5.41, 5.74) is 3.36. The summed E-state index contributed by atoms with van der Waals surface area (Å²) in [7, 11) is 0. The van der Waals surface area contributed by atoms with Gasteiger partial charge in [0.05, 0.1) is 31.0 Å². The van der Waals surface area contributed by atoms with Gasteiger partial charge in [0.1, 0.15) is 11.8 Å². The molecule has 2 nitrogen and oxygen atoms in total. The normalized spacial score (nSPS) is 16.5. The first-order chi connectivity index (χ1) is 7.33. The predicted molar refractivity (Wildman–Crippen MR) is 58.6 cm³/mol. The van der Waals surface area contributed by atoms with Crippen molar-refractivity contribution in [1.29, 1.82) is 0 Å². The van der Waals surface area contributed by atoms with E-state index in [1.165, 1.54) is 5.56 Å². The lowest BCUT2D eigenvalue weighted by Crippen LogP contribution is -2.20. The topological polar surface area (TPSA) is 23.5 Å². The fraction of sp³-hybridized carbons (Fsp3) is 0.0769. The largest absolute Gasteiger partial charge is 0.508 e. The third-order valence-electron chi connectivity index (χ3n) is 2.67. The van der Waals surface area contributed by atoms with Crippen LogP contribution in [-0.2, 0) is 6.54 Å². The molecule has 0 amide bonds. The van der Waals surface area contributed by atoms with E-state index in [9.17, 15) is 5.11 Å². The van der Waals surface area contributed by atoms with Gasteiger partial charge in [0.2, 0.25) is 5.70 Å². The van der Waals surface area contributed by atoms with Crippen molar-refractivity contribution in [1.82, 2.24) is 4.90 Å². The molecule has 0 bridgehead atoms. The molecule has 2 heterocycles. The lowest BCUT2D eigenvalue weighted by Gasteiger charge is -2.22. The molecule has 0 saturated heterocycles. The van der Waals surface area contributed by atoms with Gasteiger partial charge in [-0.25, -0.2) is 0 Å². The summed E-state index contributed by atoms with van der Waals surface area (Å²) in [4.78, 5) is 2.14. The molecule has 72 valence electrons. The Labute approximate surface area is 88.5 Å². The van der Waals surface area contributed by atoms with Crippen molar-refractivity contribution in [3.05, 3.63) is 59.5 Å². The second kappa shape index (κ2) is 2.97. The number of aromatic hydroxyl groups is 1. The highest BCUT2D eigenvalue weighted by molar-refractivity contribution is 5.62. The van der Waals surface area contributed by atoms with E-state index in [0.29, 0.717) is 5.75 Å². The van der Waals surface area contributed by atoms with E-state index >= 15 is 0 Å². The molecule has 0 radical (unpaired) electrons. The van der Waals surface area contributed by atoms with Crippen LogP contribution < -0.4 is 0 Å². The highest BCUT2D eigenvalue weighted by atomic mass is 16.3. The summed E-state index contributed by atoms with van der Waals surface area (Å²) in [6.45, 7) is 0.846. The molecule has 15 heavy (non-hydrogen) atoms. The Kier molecular flexibility index (Phi) is 1.64. The predicted octanol–water partition coefficient (Wildman–Crippen LogP) is 2.44. The molecule has 0 saturated carbocycles. The summed E-state index contributed by atoms with van der Waals surface area (Å²) >= 11 is 0. The van der Waals surface area contributed by atoms with Gasteiger partial charge in [-0.05, 0) is 11.6 Å². The number of rotatable bonds is 0. The smallest absolute Gasteiger partial charge is 0.210 e. The Balaban J connectivity index is 2.12. The summed E-state index contributed by atoms with van der Waals surface area (Å²) in [5.74, 6) is 0.314. The number of allylic oxidation sites excluding steroid dienone is 3. The molecule has 0 aliphatic carbocycles. The Hall–Kier alpha value is -2.05. The number of fused-ring (bicyclic) bond motifs is 2. The maximum Gasteiger partial charge on any atom is 0.210 e. The number of phenolic OH excluding ortho intramolecular Hbond substituents is 1. The Morgan fingerprint density at radius 3 is 3.20 bits per heavy atom. The number of nitrogens with zero attached hydrogens (tertiary/aromatic N) is 1. The molecule has 1 N–H and O–H groups in total. The lowest BCUT2D eigenvalue weighted by molar-refractivity contribution is 0.457. The van der Waals surface area contributed by atoms with Crippen molar-refractivity contribution in [2.45, 2.75) is 6.54 Å². The number of phenols is 1. The molecule has 3 rings (SSSR count). The van der Waals surface area contributed by atoms with Gasteiger partial charge in [-0.15, -0.1) is 0 Å². The Morgan fingerprint density at radius 2 is 2.27 bits per heavy atom. The average Bonchev–Trinajstić information content (AvgIpc) is 2.26. The molecule has 0 aromatic heterocycles. The SMILES string of the molecule is Oc1ccc2c(c1)C=C1[C+]=CC=CN1C2. The van der Waals surface area contributed by atoms with Gasteiger partial charge < -0.3 is 10.0 Å². The summed E-state index contributed by atoms with van der Waals surface area (Å²) in [6, 6.07) is 5.48. The van der Waals surface area contributed by atoms with E-state index in [2.05, 4.69) is 11.0 Å². The van der Waals surface area contributed by atoms with Gasteiger partial charge in [-0.3, -0.25) is 0 Å². The zero-order valence-electron chi connectivity index (χ0n) is 8.14. The van der Waals surface area contributed by atoms with Crippen molar-refractivity contribution in [2.75, 3.05) is 0 Å².